The molecule has 0 radical (unpaired) electrons. The van der Waals surface area contributed by atoms with Gasteiger partial charge < -0.3 is 4.74 Å². The van der Waals surface area contributed by atoms with Gasteiger partial charge in [0.1, 0.15) is 0 Å². The summed E-state index contributed by atoms with van der Waals surface area (Å²) in [6.45, 7) is 0. The summed E-state index contributed by atoms with van der Waals surface area (Å²) in [5.41, 5.74) is 0. The van der Waals surface area contributed by atoms with E-state index in [9.17, 15) is 0 Å². The van der Waals surface area contributed by atoms with Crippen molar-refractivity contribution in [1.29, 1.82) is 0 Å². The predicted molar refractivity (Wildman–Crippen MR) is 29.0 cm³/mol. The quantitative estimate of drug-likeness (QED) is 0.438. The third-order valence-corrected chi connectivity index (χ3v) is 0.973. The van der Waals surface area contributed by atoms with Gasteiger partial charge in [-0.05, 0) is 12.2 Å². The number of alkyl halides is 1. The molecule has 1 nitrogen and oxygen atoms in total. The van der Waals surface area contributed by atoms with Crippen LogP contribution >= 0.6 is 11.6 Å². The van der Waals surface area contributed by atoms with Crippen LogP contribution in [0.5, 0.6) is 0 Å². The zero-order valence-corrected chi connectivity index (χ0v) is 4.43. The number of hydrogen-bond acceptors (Lipinski definition) is 1. The summed E-state index contributed by atoms with van der Waals surface area (Å²) in [7, 11) is 0. The van der Waals surface area contributed by atoms with Gasteiger partial charge in [-0.2, -0.15) is 0 Å². The summed E-state index contributed by atoms with van der Waals surface area (Å²) in [5.74, 6) is 0. The molecule has 0 aromatic rings. The van der Waals surface area contributed by atoms with Crippen LogP contribution in [0.2, 0.25) is 0 Å². The minimum atomic E-state index is 0.0220. The number of halogens is 1. The van der Waals surface area contributed by atoms with Gasteiger partial charge in [0.15, 0.2) is 0 Å². The van der Waals surface area contributed by atoms with Crippen LogP contribution in [0.1, 0.15) is 0 Å². The average Bonchev–Trinajstić information content (AvgIpc) is 1.69. The smallest absolute Gasteiger partial charge is 0.0879 e. The van der Waals surface area contributed by atoms with Gasteiger partial charge in [-0.15, -0.1) is 11.6 Å². The number of allylic oxidation sites excluding steroid dienone is 2. The molecule has 0 N–H and O–H groups in total. The molecule has 0 unspecified atom stereocenters. The molecule has 0 fully saturated rings. The first kappa shape index (κ1) is 4.72. The van der Waals surface area contributed by atoms with Gasteiger partial charge in [0, 0.05) is 0 Å². The summed E-state index contributed by atoms with van der Waals surface area (Å²) in [5, 5.41) is 0.0220. The second-order valence-electron chi connectivity index (χ2n) is 1.24. The van der Waals surface area contributed by atoms with Crippen LogP contribution in [0.3, 0.4) is 0 Å². The molecular weight excluding hydrogens is 112 g/mol. The third-order valence-electron chi connectivity index (χ3n) is 0.682. The highest BCUT2D eigenvalue weighted by molar-refractivity contribution is 6.23. The van der Waals surface area contributed by atoms with E-state index in [0.717, 1.165) is 0 Å². The molecule has 0 aromatic carbocycles. The Balaban J connectivity index is 2.49. The lowest BCUT2D eigenvalue weighted by Crippen LogP contribution is -1.90. The molecule has 1 rings (SSSR count). The van der Waals surface area contributed by atoms with Gasteiger partial charge in [0.05, 0.1) is 17.9 Å². The van der Waals surface area contributed by atoms with E-state index in [2.05, 4.69) is 0 Å². The first-order valence-corrected chi connectivity index (χ1v) is 2.46. The Kier molecular flexibility index (Phi) is 1.37. The largest absolute Gasteiger partial charge is 0.473 e. The number of ether oxygens (including phenoxy) is 1. The Bertz CT molecular complexity index is 94.6. The maximum Gasteiger partial charge on any atom is 0.0879 e. The fourth-order valence-corrected chi connectivity index (χ4v) is 0.469. The third kappa shape index (κ3) is 1.24. The average molecular weight is 117 g/mol. The van der Waals surface area contributed by atoms with E-state index in [1.165, 1.54) is 0 Å². The van der Waals surface area contributed by atoms with Crippen molar-refractivity contribution in [2.45, 2.75) is 5.38 Å². The highest BCUT2D eigenvalue weighted by atomic mass is 35.5. The second-order valence-corrected chi connectivity index (χ2v) is 1.74. The minimum absolute atomic E-state index is 0.0220. The van der Waals surface area contributed by atoms with Gasteiger partial charge in [-0.1, -0.05) is 0 Å². The van der Waals surface area contributed by atoms with Crippen molar-refractivity contribution in [3.8, 4) is 0 Å². The number of rotatable bonds is 0. The van der Waals surface area contributed by atoms with E-state index in [1.54, 1.807) is 24.7 Å². The molecule has 0 aromatic heterocycles. The normalized spacial score (nSPS) is 19.6. The minimum Gasteiger partial charge on any atom is -0.473 e. The monoisotopic (exact) mass is 116 g/mol. The molecule has 2 heteroatoms. The van der Waals surface area contributed by atoms with Crippen LogP contribution in [0, 0.1) is 0 Å². The Morgan fingerprint density at radius 3 is 2.14 bits per heavy atom. The van der Waals surface area contributed by atoms with Crippen LogP contribution in [-0.2, 0) is 4.74 Å². The van der Waals surface area contributed by atoms with E-state index in [0.29, 0.717) is 0 Å². The van der Waals surface area contributed by atoms with Crippen LogP contribution in [0.15, 0.2) is 24.7 Å². The van der Waals surface area contributed by atoms with Crippen LogP contribution in [0.4, 0.5) is 0 Å². The molecule has 1 aliphatic rings. The molecule has 0 atom stereocenters. The molecule has 0 amide bonds. The van der Waals surface area contributed by atoms with Crippen molar-refractivity contribution >= 4 is 11.6 Å². The fraction of sp³-hybridized carbons (Fsp3) is 0.200. The van der Waals surface area contributed by atoms with E-state index in [-0.39, 0.29) is 5.38 Å². The Hall–Kier alpha value is -0.430. The van der Waals surface area contributed by atoms with Crippen molar-refractivity contribution in [2.75, 3.05) is 0 Å². The van der Waals surface area contributed by atoms with Crippen LogP contribution < -0.4 is 0 Å². The molecule has 1 aliphatic heterocycles. The van der Waals surface area contributed by atoms with Crippen molar-refractivity contribution in [2.24, 2.45) is 0 Å². The van der Waals surface area contributed by atoms with Crippen molar-refractivity contribution < 1.29 is 4.74 Å². The first-order valence-electron chi connectivity index (χ1n) is 2.02. The van der Waals surface area contributed by atoms with Gasteiger partial charge in [-0.3, -0.25) is 0 Å². The molecule has 1 heterocycles. The maximum absolute atomic E-state index is 5.56. The van der Waals surface area contributed by atoms with Crippen LogP contribution in [0.25, 0.3) is 0 Å². The summed E-state index contributed by atoms with van der Waals surface area (Å²) in [4.78, 5) is 0. The van der Waals surface area contributed by atoms with Crippen molar-refractivity contribution in [3.05, 3.63) is 24.7 Å². The van der Waals surface area contributed by atoms with Gasteiger partial charge in [-0.25, -0.2) is 0 Å². The maximum atomic E-state index is 5.56. The molecule has 0 bridgehead atoms. The molecule has 0 saturated carbocycles. The van der Waals surface area contributed by atoms with Crippen LogP contribution in [-0.4, -0.2) is 5.38 Å². The molecule has 0 saturated heterocycles. The Morgan fingerprint density at radius 2 is 1.86 bits per heavy atom. The topological polar surface area (TPSA) is 9.23 Å². The second kappa shape index (κ2) is 2.03. The Morgan fingerprint density at radius 1 is 1.29 bits per heavy atom. The van der Waals surface area contributed by atoms with Crippen molar-refractivity contribution in [1.82, 2.24) is 0 Å². The molecule has 38 valence electrons. The summed E-state index contributed by atoms with van der Waals surface area (Å²) >= 11 is 5.56. The van der Waals surface area contributed by atoms with Gasteiger partial charge in [0.25, 0.3) is 0 Å². The molecule has 7 heavy (non-hydrogen) atoms. The molecule has 0 aliphatic carbocycles. The summed E-state index contributed by atoms with van der Waals surface area (Å²) < 4.78 is 4.69. The zero-order chi connectivity index (χ0) is 5.11. The summed E-state index contributed by atoms with van der Waals surface area (Å²) in [6.07, 6.45) is 6.67. The van der Waals surface area contributed by atoms with Crippen molar-refractivity contribution in [3.63, 3.8) is 0 Å². The van der Waals surface area contributed by atoms with Gasteiger partial charge in [0.2, 0.25) is 0 Å². The van der Waals surface area contributed by atoms with E-state index >= 15 is 0 Å². The van der Waals surface area contributed by atoms with Gasteiger partial charge >= 0.3 is 0 Å². The lowest BCUT2D eigenvalue weighted by Gasteiger charge is -1.99. The van der Waals surface area contributed by atoms with E-state index in [1.807, 2.05) is 0 Å². The first-order chi connectivity index (χ1) is 3.39. The fourth-order valence-electron chi connectivity index (χ4n) is 0.350. The van der Waals surface area contributed by atoms with E-state index in [4.69, 9.17) is 16.3 Å². The molecule has 0 spiro atoms. The van der Waals surface area contributed by atoms with E-state index < -0.39 is 0 Å². The predicted octanol–water partition coefficient (Wildman–Crippen LogP) is 1.65. The zero-order valence-electron chi connectivity index (χ0n) is 3.67. The molecular formula is C5H5ClO. The highest BCUT2D eigenvalue weighted by Crippen LogP contribution is 2.04. The lowest BCUT2D eigenvalue weighted by atomic mass is 10.4. The Labute approximate surface area is 47.2 Å². The summed E-state index contributed by atoms with van der Waals surface area (Å²) in [6, 6.07) is 0. The highest BCUT2D eigenvalue weighted by Gasteiger charge is 1.93. The number of hydrogen-bond donors (Lipinski definition) is 0. The lowest BCUT2D eigenvalue weighted by molar-refractivity contribution is 0.394. The SMILES string of the molecule is ClC1C=COC=C1. The standard InChI is InChI=1S/C5H5ClO/c6-5-1-3-7-4-2-5/h1-5H.